The lowest BCUT2D eigenvalue weighted by Crippen LogP contribution is -2.68. The summed E-state index contributed by atoms with van der Waals surface area (Å²) in [4.78, 5) is 7.34. The molecule has 1 aliphatic carbocycles. The summed E-state index contributed by atoms with van der Waals surface area (Å²) < 4.78 is 5.95. The van der Waals surface area contributed by atoms with Crippen LogP contribution in [0.1, 0.15) is 51.2 Å². The number of rotatable bonds is 5. The maximum atomic E-state index is 5.95. The summed E-state index contributed by atoms with van der Waals surface area (Å²) in [7, 11) is 0. The van der Waals surface area contributed by atoms with Crippen molar-refractivity contribution in [1.82, 2.24) is 15.5 Å². The van der Waals surface area contributed by atoms with Gasteiger partial charge in [-0.05, 0) is 44.2 Å². The van der Waals surface area contributed by atoms with Crippen molar-refractivity contribution in [2.24, 2.45) is 16.3 Å². The van der Waals surface area contributed by atoms with Crippen LogP contribution in [0.3, 0.4) is 0 Å². The average Bonchev–Trinajstić information content (AvgIpc) is 3.17. The number of guanidine groups is 1. The molecular weight excluding hydrogens is 360 g/mol. The Morgan fingerprint density at radius 2 is 1.93 bits per heavy atom. The van der Waals surface area contributed by atoms with E-state index in [-0.39, 0.29) is 5.41 Å². The van der Waals surface area contributed by atoms with Gasteiger partial charge in [-0.1, -0.05) is 38.1 Å². The van der Waals surface area contributed by atoms with Crippen LogP contribution in [0.5, 0.6) is 0 Å². The molecular formula is C24H38N4O. The number of nitrogens with zero attached hydrogens (tertiary/aromatic N) is 2. The van der Waals surface area contributed by atoms with E-state index in [0.717, 1.165) is 38.7 Å². The first-order valence-electron chi connectivity index (χ1n) is 11.4. The molecule has 3 aliphatic rings. The first kappa shape index (κ1) is 20.7. The molecule has 5 nitrogen and oxygen atoms in total. The Balaban J connectivity index is 1.29. The Kier molecular flexibility index (Phi) is 6.16. The van der Waals surface area contributed by atoms with Crippen LogP contribution >= 0.6 is 0 Å². The summed E-state index contributed by atoms with van der Waals surface area (Å²) in [6.45, 7) is 14.0. The monoisotopic (exact) mass is 398 g/mol. The Hall–Kier alpha value is -1.59. The van der Waals surface area contributed by atoms with Crippen molar-refractivity contribution >= 4 is 5.96 Å². The first-order valence-corrected chi connectivity index (χ1v) is 11.4. The molecule has 0 bridgehead atoms. The molecule has 4 rings (SSSR count). The molecule has 5 heteroatoms. The third-order valence-corrected chi connectivity index (χ3v) is 7.29. The minimum atomic E-state index is 0.175. The van der Waals surface area contributed by atoms with Crippen LogP contribution in [0.4, 0.5) is 0 Å². The van der Waals surface area contributed by atoms with Gasteiger partial charge in [0.05, 0.1) is 6.10 Å². The van der Waals surface area contributed by atoms with Gasteiger partial charge in [0.25, 0.3) is 0 Å². The van der Waals surface area contributed by atoms with E-state index in [1.807, 2.05) is 0 Å². The lowest BCUT2D eigenvalue weighted by atomic mass is 9.57. The number of aryl methyl sites for hydroxylation is 1. The second-order valence-electron chi connectivity index (χ2n) is 9.63. The molecule has 2 saturated heterocycles. The molecule has 160 valence electrons. The van der Waals surface area contributed by atoms with Crippen molar-refractivity contribution in [3.63, 3.8) is 0 Å². The van der Waals surface area contributed by atoms with Gasteiger partial charge in [0.1, 0.15) is 0 Å². The molecule has 29 heavy (non-hydrogen) atoms. The van der Waals surface area contributed by atoms with E-state index in [1.54, 1.807) is 0 Å². The maximum absolute atomic E-state index is 5.95. The molecule has 1 aromatic rings. The molecule has 3 unspecified atom stereocenters. The number of ether oxygens (including phenoxy) is 1. The van der Waals surface area contributed by atoms with Crippen LogP contribution in [-0.2, 0) is 11.3 Å². The van der Waals surface area contributed by atoms with Crippen LogP contribution in [0.25, 0.3) is 0 Å². The summed E-state index contributed by atoms with van der Waals surface area (Å²) >= 11 is 0. The highest BCUT2D eigenvalue weighted by Crippen LogP contribution is 2.52. The Morgan fingerprint density at radius 1 is 1.17 bits per heavy atom. The summed E-state index contributed by atoms with van der Waals surface area (Å²) in [5, 5.41) is 7.51. The summed E-state index contributed by atoms with van der Waals surface area (Å²) in [6.07, 6.45) is 3.91. The number of piperidine rings is 1. The van der Waals surface area contributed by atoms with E-state index in [4.69, 9.17) is 9.73 Å². The number of aliphatic imine (C=N–C) groups is 1. The quantitative estimate of drug-likeness (QED) is 0.590. The van der Waals surface area contributed by atoms with Gasteiger partial charge in [-0.3, -0.25) is 9.89 Å². The van der Waals surface area contributed by atoms with Crippen LogP contribution in [0.15, 0.2) is 29.3 Å². The molecule has 0 spiro atoms. The minimum Gasteiger partial charge on any atom is -0.377 e. The molecule has 0 aromatic heterocycles. The predicted octanol–water partition coefficient (Wildman–Crippen LogP) is 3.33. The van der Waals surface area contributed by atoms with Crippen molar-refractivity contribution in [2.45, 2.75) is 71.7 Å². The van der Waals surface area contributed by atoms with Gasteiger partial charge >= 0.3 is 0 Å². The second kappa shape index (κ2) is 8.65. The highest BCUT2D eigenvalue weighted by molar-refractivity contribution is 5.80. The van der Waals surface area contributed by atoms with Gasteiger partial charge in [0.2, 0.25) is 0 Å². The molecule has 1 aromatic carbocycles. The SMILES string of the molecule is CCN=C(NC1CCN(Cc2ccccc2C)CC1)NC1C2CCOC2C1(C)C. The molecule has 0 amide bonds. The zero-order chi connectivity index (χ0) is 20.4. The Bertz CT molecular complexity index is 723. The van der Waals surface area contributed by atoms with Crippen molar-refractivity contribution in [3.05, 3.63) is 35.4 Å². The smallest absolute Gasteiger partial charge is 0.191 e. The molecule has 3 fully saturated rings. The lowest BCUT2D eigenvalue weighted by Gasteiger charge is -2.55. The molecule has 3 atom stereocenters. The zero-order valence-corrected chi connectivity index (χ0v) is 18.6. The van der Waals surface area contributed by atoms with E-state index in [9.17, 15) is 0 Å². The van der Waals surface area contributed by atoms with Gasteiger partial charge in [-0.25, -0.2) is 0 Å². The molecule has 2 heterocycles. The number of nitrogens with one attached hydrogen (secondary N) is 2. The maximum Gasteiger partial charge on any atom is 0.191 e. The number of benzene rings is 1. The van der Waals surface area contributed by atoms with Crippen LogP contribution < -0.4 is 10.6 Å². The predicted molar refractivity (Wildman–Crippen MR) is 119 cm³/mol. The fourth-order valence-corrected chi connectivity index (χ4v) is 5.51. The van der Waals surface area contributed by atoms with Gasteiger partial charge in [-0.15, -0.1) is 0 Å². The van der Waals surface area contributed by atoms with E-state index >= 15 is 0 Å². The van der Waals surface area contributed by atoms with E-state index in [2.05, 4.69) is 67.5 Å². The summed E-state index contributed by atoms with van der Waals surface area (Å²) in [6, 6.07) is 9.70. The Morgan fingerprint density at radius 3 is 2.66 bits per heavy atom. The fraction of sp³-hybridized carbons (Fsp3) is 0.708. The van der Waals surface area contributed by atoms with E-state index < -0.39 is 0 Å². The summed E-state index contributed by atoms with van der Waals surface area (Å²) in [5.41, 5.74) is 3.02. The standard InChI is InChI=1S/C24H38N4O/c1-5-25-23(27-21-20-12-15-29-22(20)24(21,3)4)26-19-10-13-28(14-11-19)16-18-9-7-6-8-17(18)2/h6-9,19-22H,5,10-16H2,1-4H3,(H2,25,26,27). The number of hydrogen-bond acceptors (Lipinski definition) is 3. The van der Waals surface area contributed by atoms with Crippen molar-refractivity contribution in [3.8, 4) is 0 Å². The number of likely N-dealkylation sites (tertiary alicyclic amines) is 1. The highest BCUT2D eigenvalue weighted by atomic mass is 16.5. The summed E-state index contributed by atoms with van der Waals surface area (Å²) in [5.74, 6) is 1.62. The molecule has 0 radical (unpaired) electrons. The Labute approximate surface area is 176 Å². The van der Waals surface area contributed by atoms with Gasteiger partial charge in [-0.2, -0.15) is 0 Å². The zero-order valence-electron chi connectivity index (χ0n) is 18.6. The molecule has 2 N–H and O–H groups in total. The van der Waals surface area contributed by atoms with Crippen molar-refractivity contribution in [2.75, 3.05) is 26.2 Å². The van der Waals surface area contributed by atoms with Crippen LogP contribution in [-0.4, -0.2) is 55.3 Å². The lowest BCUT2D eigenvalue weighted by molar-refractivity contribution is -0.106. The van der Waals surface area contributed by atoms with Crippen molar-refractivity contribution < 1.29 is 4.74 Å². The third-order valence-electron chi connectivity index (χ3n) is 7.29. The molecule has 1 saturated carbocycles. The molecule has 2 aliphatic heterocycles. The average molecular weight is 399 g/mol. The van der Waals surface area contributed by atoms with E-state index in [0.29, 0.717) is 24.1 Å². The second-order valence-corrected chi connectivity index (χ2v) is 9.63. The normalized spacial score (nSPS) is 29.9. The van der Waals surface area contributed by atoms with Crippen LogP contribution in [0, 0.1) is 18.3 Å². The largest absolute Gasteiger partial charge is 0.377 e. The number of fused-ring (bicyclic) bond motifs is 1. The minimum absolute atomic E-state index is 0.175. The number of hydrogen-bond donors (Lipinski definition) is 2. The van der Waals surface area contributed by atoms with Gasteiger partial charge < -0.3 is 15.4 Å². The van der Waals surface area contributed by atoms with Gasteiger partial charge in [0.15, 0.2) is 5.96 Å². The first-order chi connectivity index (χ1) is 14.0. The highest BCUT2D eigenvalue weighted by Gasteiger charge is 2.59. The van der Waals surface area contributed by atoms with Crippen LogP contribution in [0.2, 0.25) is 0 Å². The van der Waals surface area contributed by atoms with Gasteiger partial charge in [0, 0.05) is 56.2 Å². The third kappa shape index (κ3) is 4.31. The van der Waals surface area contributed by atoms with E-state index in [1.165, 1.54) is 30.4 Å². The fourth-order valence-electron chi connectivity index (χ4n) is 5.51. The van der Waals surface area contributed by atoms with Crippen molar-refractivity contribution in [1.29, 1.82) is 0 Å². The topological polar surface area (TPSA) is 48.9 Å².